The Morgan fingerprint density at radius 3 is 1.92 bits per heavy atom. The molecule has 1 aromatic heterocycles. The number of unbranched alkanes of at least 4 members (excludes halogenated alkanes) is 1. The summed E-state index contributed by atoms with van der Waals surface area (Å²) in [7, 11) is -3.75. The first-order chi connectivity index (χ1) is 24.2. The van der Waals surface area contributed by atoms with E-state index in [0.717, 1.165) is 63.9 Å². The number of pyridine rings is 1. The number of hydrogen-bond acceptors (Lipinski definition) is 4. The topological polar surface area (TPSA) is 105 Å². The van der Waals surface area contributed by atoms with Crippen molar-refractivity contribution in [2.45, 2.75) is 82.1 Å². The lowest BCUT2D eigenvalue weighted by atomic mass is 10.0. The van der Waals surface area contributed by atoms with Gasteiger partial charge in [0.25, 0.3) is 0 Å². The molecule has 1 aliphatic rings. The van der Waals surface area contributed by atoms with E-state index in [-0.39, 0.29) is 28.4 Å². The minimum absolute atomic E-state index is 0.00506. The van der Waals surface area contributed by atoms with Gasteiger partial charge >= 0.3 is 5.97 Å². The molecule has 2 N–H and O–H groups in total. The second-order valence-corrected chi connectivity index (χ2v) is 13.9. The number of carboxylic acid groups (broad SMARTS) is 1. The lowest BCUT2D eigenvalue weighted by Crippen LogP contribution is -2.24. The largest absolute Gasteiger partial charge is 0.477 e. The smallest absolute Gasteiger partial charge is 0.341 e. The fourth-order valence-electron chi connectivity index (χ4n) is 5.36. The van der Waals surface area contributed by atoms with Crippen molar-refractivity contribution in [2.75, 3.05) is 6.54 Å². The van der Waals surface area contributed by atoms with Gasteiger partial charge in [-0.05, 0) is 94.0 Å². The highest BCUT2D eigenvalue weighted by Gasteiger charge is 2.27. The van der Waals surface area contributed by atoms with Crippen molar-refractivity contribution in [3.8, 4) is 11.1 Å². The summed E-state index contributed by atoms with van der Waals surface area (Å²) >= 11 is 0. The molecule has 4 rings (SSSR count). The Morgan fingerprint density at radius 2 is 1.40 bits per heavy atom. The van der Waals surface area contributed by atoms with Crippen molar-refractivity contribution >= 4 is 26.9 Å². The number of rotatable bonds is 20. The summed E-state index contributed by atoms with van der Waals surface area (Å²) in [6, 6.07) is 8.56. The van der Waals surface area contributed by atoms with Crippen LogP contribution < -0.4 is 10.2 Å². The van der Waals surface area contributed by atoms with Crippen LogP contribution >= 0.6 is 0 Å². The van der Waals surface area contributed by atoms with E-state index in [1.807, 2.05) is 6.08 Å². The first kappa shape index (κ1) is 38.2. The lowest BCUT2D eigenvalue weighted by Gasteiger charge is -2.14. The van der Waals surface area contributed by atoms with Crippen molar-refractivity contribution < 1.29 is 22.7 Å². The normalized spacial score (nSPS) is 14.3. The lowest BCUT2D eigenvalue weighted by molar-refractivity contribution is 0.0694. The highest BCUT2D eigenvalue weighted by atomic mass is 32.2. The number of aromatic nitrogens is 1. The molecule has 264 valence electrons. The number of nitrogens with zero attached hydrogens (tertiary/aromatic N) is 1. The molecule has 7 nitrogen and oxygen atoms in total. The molecule has 3 aromatic rings. The van der Waals surface area contributed by atoms with Gasteiger partial charge in [0.15, 0.2) is 0 Å². The van der Waals surface area contributed by atoms with Crippen LogP contribution in [0.5, 0.6) is 0 Å². The van der Waals surface area contributed by atoms with Crippen LogP contribution in [0.4, 0.5) is 4.39 Å². The maximum atomic E-state index is 15.2. The van der Waals surface area contributed by atoms with Crippen molar-refractivity contribution in [3.05, 3.63) is 137 Å². The van der Waals surface area contributed by atoms with Crippen molar-refractivity contribution in [1.82, 2.24) is 9.29 Å². The summed E-state index contributed by atoms with van der Waals surface area (Å²) in [5.74, 6) is -2.04. The maximum Gasteiger partial charge on any atom is 0.341 e. The number of nitrogens with one attached hydrogen (secondary N) is 1. The van der Waals surface area contributed by atoms with Crippen molar-refractivity contribution in [3.63, 3.8) is 0 Å². The average Bonchev–Trinajstić information content (AvgIpc) is 3.95. The van der Waals surface area contributed by atoms with Crippen LogP contribution in [-0.4, -0.2) is 30.6 Å². The van der Waals surface area contributed by atoms with Gasteiger partial charge in [-0.3, -0.25) is 4.79 Å². The number of sulfonamides is 1. The zero-order valence-corrected chi connectivity index (χ0v) is 29.5. The van der Waals surface area contributed by atoms with Crippen LogP contribution in [0.3, 0.4) is 0 Å². The third-order valence-corrected chi connectivity index (χ3v) is 9.68. The van der Waals surface area contributed by atoms with Crippen LogP contribution in [0.1, 0.15) is 87.5 Å². The molecule has 0 saturated heterocycles. The van der Waals surface area contributed by atoms with Gasteiger partial charge in [0.1, 0.15) is 11.4 Å². The average molecular weight is 699 g/mol. The van der Waals surface area contributed by atoms with E-state index in [2.05, 4.69) is 78.5 Å². The van der Waals surface area contributed by atoms with Crippen LogP contribution in [-0.2, 0) is 10.0 Å². The zero-order valence-electron chi connectivity index (χ0n) is 28.6. The van der Waals surface area contributed by atoms with E-state index >= 15 is 4.39 Å². The summed E-state index contributed by atoms with van der Waals surface area (Å²) in [4.78, 5) is 24.4. The second kappa shape index (κ2) is 19.6. The molecule has 0 unspecified atom stereocenters. The Labute approximate surface area is 295 Å². The number of allylic oxidation sites excluding steroid dienone is 12. The van der Waals surface area contributed by atoms with Crippen LogP contribution in [0.15, 0.2) is 125 Å². The summed E-state index contributed by atoms with van der Waals surface area (Å²) in [5.41, 5.74) is -0.0379. The number of aromatic carboxylic acids is 1. The highest BCUT2D eigenvalue weighted by Crippen LogP contribution is 2.38. The summed E-state index contributed by atoms with van der Waals surface area (Å²) in [6.45, 7) is 2.42. The summed E-state index contributed by atoms with van der Waals surface area (Å²) in [5, 5.41) is 9.47. The SMILES string of the molecule is CC/C=C\C/C=C\C/C=C\C/C=C\C/C=C\C/C=C\CCCNS(=O)(=O)c1ccc(-c2cc3c(cc2F)c(=O)c(C(=O)O)cn3C2CC2)cc1. The van der Waals surface area contributed by atoms with Crippen LogP contribution in [0.25, 0.3) is 22.0 Å². The van der Waals surface area contributed by atoms with Crippen molar-refractivity contribution in [1.29, 1.82) is 0 Å². The fourth-order valence-corrected chi connectivity index (χ4v) is 6.44. The Balaban J connectivity index is 1.18. The van der Waals surface area contributed by atoms with Gasteiger partial charge in [0.2, 0.25) is 15.5 Å². The molecule has 1 heterocycles. The number of carbonyl (C=O) groups is 1. The van der Waals surface area contributed by atoms with Gasteiger partial charge in [0.05, 0.1) is 10.4 Å². The molecule has 9 heteroatoms. The predicted octanol–water partition coefficient (Wildman–Crippen LogP) is 9.60. The fraction of sp³-hybridized carbons (Fsp3) is 0.317. The number of halogens is 1. The first-order valence-electron chi connectivity index (χ1n) is 17.3. The van der Waals surface area contributed by atoms with E-state index in [1.54, 1.807) is 4.57 Å². The molecule has 1 saturated carbocycles. The van der Waals surface area contributed by atoms with E-state index in [9.17, 15) is 23.1 Å². The molecule has 0 radical (unpaired) electrons. The quantitative estimate of drug-likeness (QED) is 0.0903. The summed E-state index contributed by atoms with van der Waals surface area (Å²) in [6.07, 6.45) is 35.9. The van der Waals surface area contributed by atoms with Gasteiger partial charge in [-0.1, -0.05) is 92.0 Å². The molecule has 0 spiro atoms. The predicted molar refractivity (Wildman–Crippen MR) is 201 cm³/mol. The van der Waals surface area contributed by atoms with Gasteiger partial charge in [-0.15, -0.1) is 0 Å². The second-order valence-electron chi connectivity index (χ2n) is 12.1. The minimum atomic E-state index is -3.75. The molecule has 2 aromatic carbocycles. The number of carboxylic acids is 1. The highest BCUT2D eigenvalue weighted by molar-refractivity contribution is 7.89. The molecule has 0 amide bonds. The zero-order chi connectivity index (χ0) is 35.8. The molecule has 1 fully saturated rings. The van der Waals surface area contributed by atoms with E-state index in [4.69, 9.17) is 0 Å². The van der Waals surface area contributed by atoms with Crippen LogP contribution in [0, 0.1) is 5.82 Å². The number of hydrogen-bond donors (Lipinski definition) is 2. The standard InChI is InChI=1S/C41H47FN2O5S/c1-2-3-4-5-6-7-8-9-10-11-12-13-14-15-16-17-18-19-20-21-28-43-50(48,49)34-26-22-32(23-27-34)35-30-39-36(29-38(35)42)40(45)37(41(46)47)31-44(39)33-24-25-33/h3-4,6-7,9-10,12-13,15-16,18-19,22-23,26-27,29-31,33,43H,2,5,8,11,14,17,20-21,24-25,28H2,1H3,(H,46,47)/b4-3-,7-6-,10-9-,13-12-,16-15-,19-18-. The molecule has 0 aliphatic heterocycles. The molecule has 50 heavy (non-hydrogen) atoms. The molecule has 1 aliphatic carbocycles. The van der Waals surface area contributed by atoms with Crippen molar-refractivity contribution in [2.24, 2.45) is 0 Å². The Kier molecular flexibility index (Phi) is 14.9. The number of fused-ring (bicyclic) bond motifs is 1. The third-order valence-electron chi connectivity index (χ3n) is 8.20. The third kappa shape index (κ3) is 11.5. The minimum Gasteiger partial charge on any atom is -0.477 e. The number of benzene rings is 2. The summed E-state index contributed by atoms with van der Waals surface area (Å²) < 4.78 is 45.3. The first-order valence-corrected chi connectivity index (χ1v) is 18.8. The Morgan fingerprint density at radius 1 is 0.860 bits per heavy atom. The Bertz CT molecular complexity index is 1950. The van der Waals surface area contributed by atoms with Gasteiger partial charge in [-0.2, -0.15) is 0 Å². The van der Waals surface area contributed by atoms with E-state index < -0.39 is 32.8 Å². The monoisotopic (exact) mass is 698 g/mol. The Hall–Kier alpha value is -4.60. The van der Waals surface area contributed by atoms with Gasteiger partial charge in [-0.25, -0.2) is 22.3 Å². The maximum absolute atomic E-state index is 15.2. The molecular weight excluding hydrogens is 652 g/mol. The van der Waals surface area contributed by atoms with Gasteiger partial charge in [0, 0.05) is 29.7 Å². The molecule has 0 atom stereocenters. The molecular formula is C41H47FN2O5S. The van der Waals surface area contributed by atoms with E-state index in [0.29, 0.717) is 17.5 Å². The van der Waals surface area contributed by atoms with Gasteiger partial charge < -0.3 is 9.67 Å². The van der Waals surface area contributed by atoms with E-state index in [1.165, 1.54) is 36.5 Å². The molecule has 0 bridgehead atoms. The van der Waals surface area contributed by atoms with Crippen LogP contribution in [0.2, 0.25) is 0 Å².